The molecule has 0 radical (unpaired) electrons. The van der Waals surface area contributed by atoms with Crippen LogP contribution in [-0.4, -0.2) is 25.8 Å². The van der Waals surface area contributed by atoms with Crippen LogP contribution in [-0.2, 0) is 0 Å². The summed E-state index contributed by atoms with van der Waals surface area (Å²) in [5.41, 5.74) is 2.79. The van der Waals surface area contributed by atoms with Crippen LogP contribution in [0.1, 0.15) is 16.2 Å². The number of benzene rings is 1. The summed E-state index contributed by atoms with van der Waals surface area (Å²) in [7, 11) is 0. The second kappa shape index (κ2) is 3.99. The predicted molar refractivity (Wildman–Crippen MR) is 67.4 cm³/mol. The van der Waals surface area contributed by atoms with E-state index in [1.807, 2.05) is 24.3 Å². The van der Waals surface area contributed by atoms with Crippen molar-refractivity contribution in [3.63, 3.8) is 0 Å². The zero-order valence-corrected chi connectivity index (χ0v) is 9.69. The standard InChI is InChI=1S/C12H11N5O/c1-7-10(14-6-13-7)11(18)17-12-15-8-4-2-3-5-9(8)16-12/h2-6H,1H3,(H,13,14)(H2,15,16,17,18). The van der Waals surface area contributed by atoms with E-state index in [1.54, 1.807) is 6.92 Å². The minimum Gasteiger partial charge on any atom is -0.348 e. The van der Waals surface area contributed by atoms with Gasteiger partial charge in [0.05, 0.1) is 17.4 Å². The van der Waals surface area contributed by atoms with Crippen molar-refractivity contribution in [2.45, 2.75) is 6.92 Å². The average Bonchev–Trinajstić information content (AvgIpc) is 2.94. The number of hydrogen-bond donors (Lipinski definition) is 3. The quantitative estimate of drug-likeness (QED) is 0.639. The number of amides is 1. The molecule has 2 aromatic heterocycles. The van der Waals surface area contributed by atoms with Gasteiger partial charge in [0.15, 0.2) is 0 Å². The highest BCUT2D eigenvalue weighted by Gasteiger charge is 2.13. The van der Waals surface area contributed by atoms with E-state index >= 15 is 0 Å². The number of para-hydroxylation sites is 2. The van der Waals surface area contributed by atoms with Crippen LogP contribution >= 0.6 is 0 Å². The molecule has 6 heteroatoms. The van der Waals surface area contributed by atoms with Gasteiger partial charge in [-0.15, -0.1) is 0 Å². The summed E-state index contributed by atoms with van der Waals surface area (Å²) < 4.78 is 0. The van der Waals surface area contributed by atoms with Crippen LogP contribution in [0.2, 0.25) is 0 Å². The molecule has 0 aliphatic carbocycles. The smallest absolute Gasteiger partial charge is 0.278 e. The van der Waals surface area contributed by atoms with Gasteiger partial charge in [0.25, 0.3) is 5.91 Å². The zero-order valence-electron chi connectivity index (χ0n) is 9.69. The number of aromatic nitrogens is 4. The molecule has 0 saturated carbocycles. The molecule has 3 aromatic rings. The normalized spacial score (nSPS) is 10.7. The fourth-order valence-corrected chi connectivity index (χ4v) is 1.77. The van der Waals surface area contributed by atoms with E-state index in [0.29, 0.717) is 11.6 Å². The van der Waals surface area contributed by atoms with Gasteiger partial charge in [-0.05, 0) is 19.1 Å². The Morgan fingerprint density at radius 2 is 2.17 bits per heavy atom. The Morgan fingerprint density at radius 1 is 1.33 bits per heavy atom. The van der Waals surface area contributed by atoms with Crippen LogP contribution in [0.5, 0.6) is 0 Å². The number of aromatic amines is 2. The first-order valence-electron chi connectivity index (χ1n) is 5.50. The topological polar surface area (TPSA) is 86.5 Å². The van der Waals surface area contributed by atoms with Crippen LogP contribution < -0.4 is 5.32 Å². The molecule has 18 heavy (non-hydrogen) atoms. The van der Waals surface area contributed by atoms with Crippen molar-refractivity contribution in [1.29, 1.82) is 0 Å². The van der Waals surface area contributed by atoms with E-state index in [-0.39, 0.29) is 5.91 Å². The maximum Gasteiger partial charge on any atom is 0.278 e. The van der Waals surface area contributed by atoms with Gasteiger partial charge in [-0.3, -0.25) is 10.1 Å². The minimum atomic E-state index is -0.284. The van der Waals surface area contributed by atoms with Gasteiger partial charge in [-0.2, -0.15) is 0 Å². The molecule has 3 rings (SSSR count). The number of fused-ring (bicyclic) bond motifs is 1. The maximum absolute atomic E-state index is 11.9. The van der Waals surface area contributed by atoms with E-state index in [9.17, 15) is 4.79 Å². The highest BCUT2D eigenvalue weighted by Crippen LogP contribution is 2.14. The molecule has 0 bridgehead atoms. The third-order valence-corrected chi connectivity index (χ3v) is 2.67. The Labute approximate surface area is 102 Å². The van der Waals surface area contributed by atoms with Crippen LogP contribution in [0.3, 0.4) is 0 Å². The molecule has 3 N–H and O–H groups in total. The first-order chi connectivity index (χ1) is 8.74. The molecule has 0 aliphatic rings. The van der Waals surface area contributed by atoms with E-state index in [0.717, 1.165) is 16.7 Å². The molecule has 0 unspecified atom stereocenters. The van der Waals surface area contributed by atoms with Crippen molar-refractivity contribution >= 4 is 22.9 Å². The van der Waals surface area contributed by atoms with Crippen LogP contribution in [0.4, 0.5) is 5.95 Å². The summed E-state index contributed by atoms with van der Waals surface area (Å²) in [5, 5.41) is 2.69. The van der Waals surface area contributed by atoms with Gasteiger partial charge < -0.3 is 9.97 Å². The number of anilines is 1. The fourth-order valence-electron chi connectivity index (χ4n) is 1.77. The van der Waals surface area contributed by atoms with Gasteiger partial charge in [0.1, 0.15) is 5.69 Å². The summed E-state index contributed by atoms with van der Waals surface area (Å²) in [6.07, 6.45) is 1.49. The summed E-state index contributed by atoms with van der Waals surface area (Å²) in [6.45, 7) is 1.79. The molecule has 1 amide bonds. The summed E-state index contributed by atoms with van der Waals surface area (Å²) in [4.78, 5) is 26.0. The Hall–Kier alpha value is -2.63. The molecule has 1 aromatic carbocycles. The number of nitrogens with zero attached hydrogens (tertiary/aromatic N) is 2. The number of aryl methyl sites for hydroxylation is 1. The first-order valence-corrected chi connectivity index (χ1v) is 5.50. The summed E-state index contributed by atoms with van der Waals surface area (Å²) in [6, 6.07) is 7.58. The van der Waals surface area contributed by atoms with Gasteiger partial charge in [0.2, 0.25) is 5.95 Å². The highest BCUT2D eigenvalue weighted by atomic mass is 16.2. The monoisotopic (exact) mass is 241 g/mol. The summed E-state index contributed by atoms with van der Waals surface area (Å²) >= 11 is 0. The second-order valence-electron chi connectivity index (χ2n) is 3.93. The van der Waals surface area contributed by atoms with E-state index in [2.05, 4.69) is 25.3 Å². The molecule has 0 fully saturated rings. The number of imidazole rings is 2. The lowest BCUT2D eigenvalue weighted by Gasteiger charge is -1.98. The average molecular weight is 241 g/mol. The van der Waals surface area contributed by atoms with Gasteiger partial charge in [0, 0.05) is 5.69 Å². The van der Waals surface area contributed by atoms with Crippen LogP contribution in [0.25, 0.3) is 11.0 Å². The fraction of sp³-hybridized carbons (Fsp3) is 0.0833. The van der Waals surface area contributed by atoms with E-state index < -0.39 is 0 Å². The number of H-pyrrole nitrogens is 2. The minimum absolute atomic E-state index is 0.284. The molecule has 0 saturated heterocycles. The third-order valence-electron chi connectivity index (χ3n) is 2.67. The Kier molecular flexibility index (Phi) is 2.33. The van der Waals surface area contributed by atoms with Crippen molar-refractivity contribution in [3.8, 4) is 0 Å². The number of carbonyl (C=O) groups excluding carboxylic acids is 1. The third kappa shape index (κ3) is 1.73. The van der Waals surface area contributed by atoms with E-state index in [1.165, 1.54) is 6.33 Å². The van der Waals surface area contributed by atoms with Crippen molar-refractivity contribution in [2.24, 2.45) is 0 Å². The van der Waals surface area contributed by atoms with Gasteiger partial charge in [-0.1, -0.05) is 12.1 Å². The molecular weight excluding hydrogens is 230 g/mol. The molecule has 0 atom stereocenters. The largest absolute Gasteiger partial charge is 0.348 e. The van der Waals surface area contributed by atoms with Crippen LogP contribution in [0, 0.1) is 6.92 Å². The number of carbonyl (C=O) groups is 1. The Balaban J connectivity index is 1.88. The molecule has 2 heterocycles. The molecule has 90 valence electrons. The van der Waals surface area contributed by atoms with Crippen molar-refractivity contribution in [3.05, 3.63) is 42.0 Å². The predicted octanol–water partition coefficient (Wildman–Crippen LogP) is 1.85. The molecule has 0 aliphatic heterocycles. The number of nitrogens with one attached hydrogen (secondary N) is 3. The first kappa shape index (κ1) is 10.5. The lowest BCUT2D eigenvalue weighted by atomic mass is 10.3. The lowest BCUT2D eigenvalue weighted by molar-refractivity contribution is 0.102. The van der Waals surface area contributed by atoms with Crippen molar-refractivity contribution in [2.75, 3.05) is 5.32 Å². The summed E-state index contributed by atoms with van der Waals surface area (Å²) in [5.74, 6) is 0.136. The van der Waals surface area contributed by atoms with Gasteiger partial charge in [-0.25, -0.2) is 9.97 Å². The maximum atomic E-state index is 11.9. The van der Waals surface area contributed by atoms with Crippen molar-refractivity contribution in [1.82, 2.24) is 19.9 Å². The zero-order chi connectivity index (χ0) is 12.5. The van der Waals surface area contributed by atoms with E-state index in [4.69, 9.17) is 0 Å². The Bertz CT molecular complexity index is 679. The van der Waals surface area contributed by atoms with Crippen LogP contribution in [0.15, 0.2) is 30.6 Å². The molecule has 0 spiro atoms. The SMILES string of the molecule is Cc1[nH]cnc1C(=O)Nc1nc2ccccc2[nH]1. The molecular formula is C12H11N5O. The van der Waals surface area contributed by atoms with Crippen molar-refractivity contribution < 1.29 is 4.79 Å². The highest BCUT2D eigenvalue weighted by molar-refractivity contribution is 6.03. The van der Waals surface area contributed by atoms with Gasteiger partial charge >= 0.3 is 0 Å². The number of hydrogen-bond acceptors (Lipinski definition) is 3. The molecule has 6 nitrogen and oxygen atoms in total. The lowest BCUT2D eigenvalue weighted by Crippen LogP contribution is -2.14. The second-order valence-corrected chi connectivity index (χ2v) is 3.93. The Morgan fingerprint density at radius 3 is 2.89 bits per heavy atom. The number of rotatable bonds is 2.